The minimum absolute atomic E-state index is 0.275. The lowest BCUT2D eigenvalue weighted by Crippen LogP contribution is -2.39. The molecule has 1 saturated carbocycles. The molecule has 1 aliphatic carbocycles. The van der Waals surface area contributed by atoms with Crippen LogP contribution in [0.25, 0.3) is 0 Å². The molecule has 0 unspecified atom stereocenters. The molecule has 0 bridgehead atoms. The van der Waals surface area contributed by atoms with E-state index >= 15 is 0 Å². The lowest BCUT2D eigenvalue weighted by atomic mass is 9.94. The summed E-state index contributed by atoms with van der Waals surface area (Å²) in [7, 11) is 1.69. The van der Waals surface area contributed by atoms with E-state index in [1.807, 2.05) is 20.8 Å². The molecule has 0 aliphatic heterocycles. The van der Waals surface area contributed by atoms with Crippen molar-refractivity contribution in [3.63, 3.8) is 0 Å². The SMILES string of the molecule is COC1(OOC(C)(C)C)CCCCC1. The van der Waals surface area contributed by atoms with E-state index in [0.717, 1.165) is 25.7 Å². The van der Waals surface area contributed by atoms with Crippen molar-refractivity contribution in [3.05, 3.63) is 0 Å². The summed E-state index contributed by atoms with van der Waals surface area (Å²) >= 11 is 0. The summed E-state index contributed by atoms with van der Waals surface area (Å²) in [6, 6.07) is 0. The zero-order chi connectivity index (χ0) is 10.7. The second-order valence-electron chi connectivity index (χ2n) is 4.95. The van der Waals surface area contributed by atoms with Crippen LogP contribution in [0.2, 0.25) is 0 Å². The molecule has 0 aromatic rings. The van der Waals surface area contributed by atoms with E-state index in [1.54, 1.807) is 7.11 Å². The van der Waals surface area contributed by atoms with Gasteiger partial charge in [-0.2, -0.15) is 0 Å². The van der Waals surface area contributed by atoms with Crippen molar-refractivity contribution in [2.75, 3.05) is 7.11 Å². The van der Waals surface area contributed by atoms with Gasteiger partial charge in [-0.05, 0) is 33.6 Å². The van der Waals surface area contributed by atoms with Crippen LogP contribution in [0.3, 0.4) is 0 Å². The second-order valence-corrected chi connectivity index (χ2v) is 4.95. The molecule has 0 aromatic heterocycles. The maximum atomic E-state index is 5.46. The highest BCUT2D eigenvalue weighted by molar-refractivity contribution is 4.73. The van der Waals surface area contributed by atoms with Crippen molar-refractivity contribution in [2.45, 2.75) is 64.3 Å². The average Bonchev–Trinajstić information content (AvgIpc) is 2.15. The molecule has 0 N–H and O–H groups in total. The van der Waals surface area contributed by atoms with Crippen LogP contribution in [0.1, 0.15) is 52.9 Å². The first-order valence-electron chi connectivity index (χ1n) is 5.39. The van der Waals surface area contributed by atoms with Gasteiger partial charge in [0.1, 0.15) is 0 Å². The smallest absolute Gasteiger partial charge is 0.201 e. The van der Waals surface area contributed by atoms with Gasteiger partial charge in [0.2, 0.25) is 5.79 Å². The molecular formula is C11H22O3. The van der Waals surface area contributed by atoms with Crippen LogP contribution in [-0.4, -0.2) is 18.5 Å². The Kier molecular flexibility index (Phi) is 3.93. The maximum absolute atomic E-state index is 5.46. The van der Waals surface area contributed by atoms with Gasteiger partial charge < -0.3 is 4.74 Å². The lowest BCUT2D eigenvalue weighted by Gasteiger charge is -2.36. The first kappa shape index (κ1) is 12.0. The number of ether oxygens (including phenoxy) is 1. The highest BCUT2D eigenvalue weighted by Gasteiger charge is 2.35. The van der Waals surface area contributed by atoms with Crippen LogP contribution in [0.5, 0.6) is 0 Å². The molecule has 3 heteroatoms. The first-order chi connectivity index (χ1) is 6.47. The number of hydrogen-bond acceptors (Lipinski definition) is 3. The van der Waals surface area contributed by atoms with Crippen molar-refractivity contribution in [1.29, 1.82) is 0 Å². The Hall–Kier alpha value is -0.120. The van der Waals surface area contributed by atoms with Gasteiger partial charge in [0.15, 0.2) is 0 Å². The van der Waals surface area contributed by atoms with Gasteiger partial charge in [0.05, 0.1) is 5.60 Å². The van der Waals surface area contributed by atoms with Gasteiger partial charge in [-0.25, -0.2) is 9.78 Å². The average molecular weight is 202 g/mol. The minimum atomic E-state index is -0.495. The van der Waals surface area contributed by atoms with Crippen LogP contribution in [0.4, 0.5) is 0 Å². The summed E-state index contributed by atoms with van der Waals surface area (Å²) in [6.45, 7) is 5.91. The van der Waals surface area contributed by atoms with Gasteiger partial charge in [-0.1, -0.05) is 6.42 Å². The monoisotopic (exact) mass is 202 g/mol. The summed E-state index contributed by atoms with van der Waals surface area (Å²) in [5, 5.41) is 0. The molecule has 1 aliphatic rings. The second kappa shape index (κ2) is 4.60. The third kappa shape index (κ3) is 3.56. The molecule has 0 saturated heterocycles. The quantitative estimate of drug-likeness (QED) is 0.400. The summed E-state index contributed by atoms with van der Waals surface area (Å²) in [6.07, 6.45) is 5.44. The summed E-state index contributed by atoms with van der Waals surface area (Å²) in [5.74, 6) is -0.495. The minimum Gasteiger partial charge on any atom is -0.351 e. The summed E-state index contributed by atoms with van der Waals surface area (Å²) < 4.78 is 5.43. The summed E-state index contributed by atoms with van der Waals surface area (Å²) in [5.41, 5.74) is -0.275. The van der Waals surface area contributed by atoms with Gasteiger partial charge in [-0.15, -0.1) is 0 Å². The van der Waals surface area contributed by atoms with E-state index < -0.39 is 5.79 Å². The molecule has 3 nitrogen and oxygen atoms in total. The Morgan fingerprint density at radius 2 is 1.57 bits per heavy atom. The molecule has 14 heavy (non-hydrogen) atoms. The van der Waals surface area contributed by atoms with E-state index in [1.165, 1.54) is 6.42 Å². The Morgan fingerprint density at radius 1 is 1.00 bits per heavy atom. The van der Waals surface area contributed by atoms with E-state index in [4.69, 9.17) is 14.5 Å². The van der Waals surface area contributed by atoms with E-state index in [0.29, 0.717) is 0 Å². The molecule has 0 atom stereocenters. The Balaban J connectivity index is 2.44. The lowest BCUT2D eigenvalue weighted by molar-refractivity contribution is -0.461. The number of hydrogen-bond donors (Lipinski definition) is 0. The zero-order valence-electron chi connectivity index (χ0n) is 9.76. The fraction of sp³-hybridized carbons (Fsp3) is 1.00. The molecule has 0 aromatic carbocycles. The number of rotatable bonds is 3. The zero-order valence-corrected chi connectivity index (χ0v) is 9.76. The molecular weight excluding hydrogens is 180 g/mol. The third-order valence-corrected chi connectivity index (χ3v) is 2.43. The predicted molar refractivity (Wildman–Crippen MR) is 54.7 cm³/mol. The largest absolute Gasteiger partial charge is 0.351 e. The highest BCUT2D eigenvalue weighted by Crippen LogP contribution is 2.33. The van der Waals surface area contributed by atoms with Crippen molar-refractivity contribution >= 4 is 0 Å². The van der Waals surface area contributed by atoms with Crippen LogP contribution in [0, 0.1) is 0 Å². The molecule has 0 radical (unpaired) electrons. The van der Waals surface area contributed by atoms with Gasteiger partial charge in [0.25, 0.3) is 0 Å². The topological polar surface area (TPSA) is 27.7 Å². The first-order valence-corrected chi connectivity index (χ1v) is 5.39. The van der Waals surface area contributed by atoms with Gasteiger partial charge in [0, 0.05) is 20.0 Å². The number of methoxy groups -OCH3 is 1. The fourth-order valence-corrected chi connectivity index (χ4v) is 1.61. The van der Waals surface area contributed by atoms with E-state index in [9.17, 15) is 0 Å². The van der Waals surface area contributed by atoms with Crippen LogP contribution in [0.15, 0.2) is 0 Å². The molecule has 1 fully saturated rings. The van der Waals surface area contributed by atoms with Crippen molar-refractivity contribution in [1.82, 2.24) is 0 Å². The Morgan fingerprint density at radius 3 is 2.00 bits per heavy atom. The van der Waals surface area contributed by atoms with Gasteiger partial charge in [-0.3, -0.25) is 0 Å². The van der Waals surface area contributed by atoms with Crippen molar-refractivity contribution in [3.8, 4) is 0 Å². The normalized spacial score (nSPS) is 22.3. The Labute approximate surface area is 86.7 Å². The van der Waals surface area contributed by atoms with Crippen LogP contribution < -0.4 is 0 Å². The maximum Gasteiger partial charge on any atom is 0.201 e. The fourth-order valence-electron chi connectivity index (χ4n) is 1.61. The molecule has 84 valence electrons. The molecule has 0 amide bonds. The Bertz CT molecular complexity index is 166. The standard InChI is InChI=1S/C11H22O3/c1-10(2,3)13-14-11(12-4)8-6-5-7-9-11/h5-9H2,1-4H3. The molecule has 0 spiro atoms. The summed E-state index contributed by atoms with van der Waals surface area (Å²) in [4.78, 5) is 10.8. The molecule has 1 rings (SSSR count). The van der Waals surface area contributed by atoms with Crippen LogP contribution in [-0.2, 0) is 14.5 Å². The molecule has 0 heterocycles. The predicted octanol–water partition coefficient (Wildman–Crippen LogP) is 3.04. The third-order valence-electron chi connectivity index (χ3n) is 2.43. The van der Waals surface area contributed by atoms with Crippen molar-refractivity contribution < 1.29 is 14.5 Å². The van der Waals surface area contributed by atoms with E-state index in [-0.39, 0.29) is 5.60 Å². The van der Waals surface area contributed by atoms with Crippen molar-refractivity contribution in [2.24, 2.45) is 0 Å². The van der Waals surface area contributed by atoms with Gasteiger partial charge >= 0.3 is 0 Å². The van der Waals surface area contributed by atoms with Crippen LogP contribution >= 0.6 is 0 Å². The highest BCUT2D eigenvalue weighted by atomic mass is 17.2. The van der Waals surface area contributed by atoms with E-state index in [2.05, 4.69) is 0 Å².